The third-order valence-corrected chi connectivity index (χ3v) is 4.70. The second-order valence-electron chi connectivity index (χ2n) is 6.21. The van der Waals surface area contributed by atoms with E-state index in [9.17, 15) is 4.79 Å². The van der Waals surface area contributed by atoms with Crippen LogP contribution < -0.4 is 0 Å². The van der Waals surface area contributed by atoms with Gasteiger partial charge in [-0.05, 0) is 38.9 Å². The Morgan fingerprint density at radius 3 is 2.05 bits per heavy atom. The van der Waals surface area contributed by atoms with Gasteiger partial charge in [-0.1, -0.05) is 26.2 Å². The van der Waals surface area contributed by atoms with Crippen LogP contribution in [0.1, 0.15) is 45.4 Å². The van der Waals surface area contributed by atoms with Crippen molar-refractivity contribution in [2.24, 2.45) is 0 Å². The molecule has 2 rings (SSSR count). The van der Waals surface area contributed by atoms with E-state index in [0.29, 0.717) is 12.5 Å². The van der Waals surface area contributed by atoms with Gasteiger partial charge in [-0.15, -0.1) is 0 Å². The molecule has 0 saturated carbocycles. The van der Waals surface area contributed by atoms with Crippen molar-refractivity contribution >= 4 is 5.91 Å². The Balaban J connectivity index is 1.77. The summed E-state index contributed by atoms with van der Waals surface area (Å²) in [5.74, 6) is 0.358. The summed E-state index contributed by atoms with van der Waals surface area (Å²) in [6.45, 7) is 10.4. The molecule has 0 atom stereocenters. The highest BCUT2D eigenvalue weighted by Crippen LogP contribution is 2.11. The summed E-state index contributed by atoms with van der Waals surface area (Å²) in [5, 5.41) is 0. The molecular weight excluding hydrogens is 250 g/mol. The minimum Gasteiger partial charge on any atom is -0.342 e. The van der Waals surface area contributed by atoms with Crippen LogP contribution in [0.25, 0.3) is 0 Å². The Kier molecular flexibility index (Phi) is 6.80. The monoisotopic (exact) mass is 281 g/mol. The molecule has 1 amide bonds. The van der Waals surface area contributed by atoms with Crippen molar-refractivity contribution in [1.82, 2.24) is 14.7 Å². The highest BCUT2D eigenvalue weighted by atomic mass is 16.2. The fourth-order valence-electron chi connectivity index (χ4n) is 3.29. The van der Waals surface area contributed by atoms with Crippen LogP contribution in [0.2, 0.25) is 0 Å². The van der Waals surface area contributed by atoms with E-state index >= 15 is 0 Å². The Labute approximate surface area is 124 Å². The number of amides is 1. The van der Waals surface area contributed by atoms with Crippen molar-refractivity contribution in [1.29, 1.82) is 0 Å². The number of nitrogens with zero attached hydrogens (tertiary/aromatic N) is 3. The van der Waals surface area contributed by atoms with Gasteiger partial charge in [0.15, 0.2) is 0 Å². The molecule has 0 bridgehead atoms. The molecule has 0 radical (unpaired) electrons. The van der Waals surface area contributed by atoms with Crippen molar-refractivity contribution in [3.05, 3.63) is 0 Å². The first-order valence-electron chi connectivity index (χ1n) is 8.52. The maximum Gasteiger partial charge on any atom is 0.236 e. The first-order chi connectivity index (χ1) is 9.79. The SMILES string of the molecule is CCN1CCCN(CC(=O)N2CCCCCCC2)CC1. The van der Waals surface area contributed by atoms with Crippen LogP contribution in [0.15, 0.2) is 0 Å². The molecule has 0 aliphatic carbocycles. The molecule has 0 aromatic carbocycles. The average Bonchev–Trinajstić information content (AvgIpc) is 2.63. The van der Waals surface area contributed by atoms with Crippen molar-refractivity contribution in [3.8, 4) is 0 Å². The van der Waals surface area contributed by atoms with Gasteiger partial charge in [0, 0.05) is 26.2 Å². The summed E-state index contributed by atoms with van der Waals surface area (Å²) < 4.78 is 0. The van der Waals surface area contributed by atoms with E-state index in [1.807, 2.05) is 0 Å². The molecule has 116 valence electrons. The summed E-state index contributed by atoms with van der Waals surface area (Å²) in [5.41, 5.74) is 0. The maximum atomic E-state index is 12.5. The normalized spacial score (nSPS) is 23.9. The summed E-state index contributed by atoms with van der Waals surface area (Å²) in [7, 11) is 0. The topological polar surface area (TPSA) is 26.8 Å². The molecular formula is C16H31N3O. The molecule has 4 nitrogen and oxygen atoms in total. The second-order valence-corrected chi connectivity index (χ2v) is 6.21. The van der Waals surface area contributed by atoms with Gasteiger partial charge in [0.05, 0.1) is 6.54 Å². The van der Waals surface area contributed by atoms with Gasteiger partial charge >= 0.3 is 0 Å². The molecule has 4 heteroatoms. The Morgan fingerprint density at radius 2 is 1.35 bits per heavy atom. The molecule has 0 aromatic rings. The minimum absolute atomic E-state index is 0.358. The predicted octanol–water partition coefficient (Wildman–Crippen LogP) is 1.81. The number of likely N-dealkylation sites (tertiary alicyclic amines) is 1. The van der Waals surface area contributed by atoms with Gasteiger partial charge in [0.2, 0.25) is 5.91 Å². The van der Waals surface area contributed by atoms with Crippen LogP contribution in [0.3, 0.4) is 0 Å². The standard InChI is InChI=1S/C16H31N3O/c1-2-17-9-8-10-18(14-13-17)15-16(20)19-11-6-4-3-5-7-12-19/h2-15H2,1H3. The van der Waals surface area contributed by atoms with Crippen LogP contribution in [0.4, 0.5) is 0 Å². The van der Waals surface area contributed by atoms with E-state index in [0.717, 1.165) is 39.3 Å². The van der Waals surface area contributed by atoms with Crippen LogP contribution in [-0.4, -0.2) is 73.0 Å². The fourth-order valence-corrected chi connectivity index (χ4v) is 3.29. The molecule has 20 heavy (non-hydrogen) atoms. The second kappa shape index (κ2) is 8.63. The highest BCUT2D eigenvalue weighted by Gasteiger charge is 2.20. The number of hydrogen-bond donors (Lipinski definition) is 0. The largest absolute Gasteiger partial charge is 0.342 e. The lowest BCUT2D eigenvalue weighted by atomic mass is 10.1. The van der Waals surface area contributed by atoms with Gasteiger partial charge in [0.25, 0.3) is 0 Å². The van der Waals surface area contributed by atoms with Crippen LogP contribution in [0, 0.1) is 0 Å². The highest BCUT2D eigenvalue weighted by molar-refractivity contribution is 5.78. The van der Waals surface area contributed by atoms with E-state index in [-0.39, 0.29) is 0 Å². The third-order valence-electron chi connectivity index (χ3n) is 4.70. The summed E-state index contributed by atoms with van der Waals surface area (Å²) in [6, 6.07) is 0. The van der Waals surface area contributed by atoms with E-state index in [4.69, 9.17) is 0 Å². The summed E-state index contributed by atoms with van der Waals surface area (Å²) in [4.78, 5) is 19.4. The van der Waals surface area contributed by atoms with Gasteiger partial charge in [-0.25, -0.2) is 0 Å². The van der Waals surface area contributed by atoms with E-state index in [2.05, 4.69) is 21.6 Å². The van der Waals surface area contributed by atoms with E-state index < -0.39 is 0 Å². The molecule has 2 fully saturated rings. The van der Waals surface area contributed by atoms with Gasteiger partial charge < -0.3 is 9.80 Å². The van der Waals surface area contributed by atoms with Crippen molar-refractivity contribution in [2.45, 2.75) is 45.4 Å². The van der Waals surface area contributed by atoms with Gasteiger partial charge in [-0.3, -0.25) is 9.69 Å². The molecule has 2 heterocycles. The minimum atomic E-state index is 0.358. The van der Waals surface area contributed by atoms with E-state index in [1.54, 1.807) is 0 Å². The predicted molar refractivity (Wildman–Crippen MR) is 82.8 cm³/mol. The van der Waals surface area contributed by atoms with Gasteiger partial charge in [0.1, 0.15) is 0 Å². The molecule has 0 aromatic heterocycles. The van der Waals surface area contributed by atoms with Crippen LogP contribution >= 0.6 is 0 Å². The number of likely N-dealkylation sites (N-methyl/N-ethyl adjacent to an activating group) is 1. The summed E-state index contributed by atoms with van der Waals surface area (Å²) in [6.07, 6.45) is 7.50. The fraction of sp³-hybridized carbons (Fsp3) is 0.938. The van der Waals surface area contributed by atoms with Crippen molar-refractivity contribution in [2.75, 3.05) is 52.4 Å². The van der Waals surface area contributed by atoms with Crippen LogP contribution in [0.5, 0.6) is 0 Å². The molecule has 2 saturated heterocycles. The first-order valence-corrected chi connectivity index (χ1v) is 8.52. The number of rotatable bonds is 3. The van der Waals surface area contributed by atoms with Gasteiger partial charge in [-0.2, -0.15) is 0 Å². The Bertz CT molecular complexity index is 287. The average molecular weight is 281 g/mol. The number of carbonyl (C=O) groups excluding carboxylic acids is 1. The number of hydrogen-bond acceptors (Lipinski definition) is 3. The zero-order valence-corrected chi connectivity index (χ0v) is 13.1. The van der Waals surface area contributed by atoms with Crippen molar-refractivity contribution in [3.63, 3.8) is 0 Å². The third kappa shape index (κ3) is 5.06. The Hall–Kier alpha value is -0.610. The first kappa shape index (κ1) is 15.8. The molecule has 0 N–H and O–H groups in total. The lowest BCUT2D eigenvalue weighted by Crippen LogP contribution is -2.42. The maximum absolute atomic E-state index is 12.5. The Morgan fingerprint density at radius 1 is 0.750 bits per heavy atom. The lowest BCUT2D eigenvalue weighted by Gasteiger charge is -2.28. The molecule has 2 aliphatic rings. The number of carbonyl (C=O) groups is 1. The van der Waals surface area contributed by atoms with Crippen LogP contribution in [-0.2, 0) is 4.79 Å². The zero-order valence-electron chi connectivity index (χ0n) is 13.1. The van der Waals surface area contributed by atoms with E-state index in [1.165, 1.54) is 45.1 Å². The lowest BCUT2D eigenvalue weighted by molar-refractivity contribution is -0.132. The summed E-state index contributed by atoms with van der Waals surface area (Å²) >= 11 is 0. The molecule has 2 aliphatic heterocycles. The smallest absolute Gasteiger partial charge is 0.236 e. The van der Waals surface area contributed by atoms with Crippen molar-refractivity contribution < 1.29 is 4.79 Å². The quantitative estimate of drug-likeness (QED) is 0.789. The molecule has 0 spiro atoms. The zero-order chi connectivity index (χ0) is 14.2. The molecule has 0 unspecified atom stereocenters.